The molecule has 7 heteroatoms. The molecule has 4 nitrogen and oxygen atoms in total. The molecule has 108 valence electrons. The number of fused-ring (bicyclic) bond motifs is 1. The Hall–Kier alpha value is -2.02. The van der Waals surface area contributed by atoms with Gasteiger partial charge in [-0.2, -0.15) is 0 Å². The Balaban J connectivity index is 1.73. The highest BCUT2D eigenvalue weighted by atomic mass is 79.9. The topological polar surface area (TPSA) is 42.2 Å². The summed E-state index contributed by atoms with van der Waals surface area (Å²) < 4.78 is 28.7. The van der Waals surface area contributed by atoms with E-state index in [0.717, 1.165) is 6.07 Å². The maximum Gasteiger partial charge on any atom is 0.180 e. The van der Waals surface area contributed by atoms with Gasteiger partial charge in [-0.25, -0.2) is 18.7 Å². The molecule has 2 aromatic heterocycles. The average molecular weight is 353 g/mol. The molecule has 3 aromatic rings. The molecule has 0 saturated heterocycles. The molecule has 0 aliphatic carbocycles. The molecule has 2 heterocycles. The Morgan fingerprint density at radius 2 is 1.95 bits per heavy atom. The number of nitrogens with one attached hydrogen (secondary N) is 1. The molecule has 1 N–H and O–H groups in total. The zero-order valence-electron chi connectivity index (χ0n) is 10.9. The summed E-state index contributed by atoms with van der Waals surface area (Å²) in [7, 11) is 0. The molecular weight excluding hydrogens is 342 g/mol. The maximum atomic E-state index is 13.1. The van der Waals surface area contributed by atoms with Gasteiger partial charge in [-0.1, -0.05) is 0 Å². The summed E-state index contributed by atoms with van der Waals surface area (Å²) in [5, 5.41) is 3.13. The van der Waals surface area contributed by atoms with Crippen LogP contribution in [0.3, 0.4) is 0 Å². The van der Waals surface area contributed by atoms with Crippen molar-refractivity contribution in [2.75, 3.05) is 11.9 Å². The Morgan fingerprint density at radius 3 is 2.71 bits per heavy atom. The second kappa shape index (κ2) is 5.77. The quantitative estimate of drug-likeness (QED) is 0.782. The van der Waals surface area contributed by atoms with Crippen molar-refractivity contribution in [2.45, 2.75) is 6.42 Å². The summed E-state index contributed by atoms with van der Waals surface area (Å²) in [6, 6.07) is 3.51. The normalized spacial score (nSPS) is 11.0. The van der Waals surface area contributed by atoms with Crippen LogP contribution < -0.4 is 5.32 Å². The number of nitrogens with zero attached hydrogens (tertiary/aromatic N) is 3. The Kier molecular flexibility index (Phi) is 3.83. The summed E-state index contributed by atoms with van der Waals surface area (Å²) >= 11 is 3.32. The Morgan fingerprint density at radius 1 is 1.19 bits per heavy atom. The van der Waals surface area contributed by atoms with Crippen molar-refractivity contribution in [3.05, 3.63) is 58.6 Å². The van der Waals surface area contributed by atoms with Crippen LogP contribution in [-0.4, -0.2) is 20.9 Å². The van der Waals surface area contributed by atoms with Crippen LogP contribution in [0, 0.1) is 11.6 Å². The lowest BCUT2D eigenvalue weighted by Gasteiger charge is -2.08. The van der Waals surface area contributed by atoms with Gasteiger partial charge in [0.2, 0.25) is 0 Å². The summed E-state index contributed by atoms with van der Waals surface area (Å²) in [6.07, 6.45) is 5.77. The number of anilines is 1. The van der Waals surface area contributed by atoms with Crippen molar-refractivity contribution < 1.29 is 8.78 Å². The van der Waals surface area contributed by atoms with Crippen molar-refractivity contribution in [3.63, 3.8) is 0 Å². The minimum absolute atomic E-state index is 0.482. The molecule has 0 aliphatic heterocycles. The van der Waals surface area contributed by atoms with E-state index < -0.39 is 11.6 Å². The fourth-order valence-corrected chi connectivity index (χ4v) is 2.50. The SMILES string of the molecule is Fc1cc(F)cc(CCNc2nc(Br)cn3ccnc23)c1. The largest absolute Gasteiger partial charge is 0.367 e. The maximum absolute atomic E-state index is 13.1. The van der Waals surface area contributed by atoms with E-state index >= 15 is 0 Å². The predicted molar refractivity (Wildman–Crippen MR) is 79.2 cm³/mol. The van der Waals surface area contributed by atoms with Gasteiger partial charge in [0.25, 0.3) is 0 Å². The summed E-state index contributed by atoms with van der Waals surface area (Å²) in [5.74, 6) is -0.520. The smallest absolute Gasteiger partial charge is 0.180 e. The molecule has 0 radical (unpaired) electrons. The lowest BCUT2D eigenvalue weighted by Crippen LogP contribution is -2.08. The number of hydrogen-bond acceptors (Lipinski definition) is 3. The van der Waals surface area contributed by atoms with Crippen molar-refractivity contribution in [1.82, 2.24) is 14.4 Å². The van der Waals surface area contributed by atoms with E-state index in [1.54, 1.807) is 12.4 Å². The first-order valence-electron chi connectivity index (χ1n) is 6.30. The van der Waals surface area contributed by atoms with Crippen molar-refractivity contribution >= 4 is 27.4 Å². The minimum atomic E-state index is -0.568. The highest BCUT2D eigenvalue weighted by Gasteiger charge is 2.06. The molecule has 3 rings (SSSR count). The highest BCUT2D eigenvalue weighted by molar-refractivity contribution is 9.10. The first-order chi connectivity index (χ1) is 10.1. The number of hydrogen-bond donors (Lipinski definition) is 1. The van der Waals surface area contributed by atoms with Crippen molar-refractivity contribution in [2.24, 2.45) is 0 Å². The van der Waals surface area contributed by atoms with E-state index in [4.69, 9.17) is 0 Å². The van der Waals surface area contributed by atoms with Crippen LogP contribution in [0.15, 0.2) is 41.4 Å². The third-order valence-electron chi connectivity index (χ3n) is 2.97. The third kappa shape index (κ3) is 3.18. The van der Waals surface area contributed by atoms with E-state index in [1.165, 1.54) is 12.1 Å². The van der Waals surface area contributed by atoms with Gasteiger partial charge in [-0.15, -0.1) is 0 Å². The standard InChI is InChI=1S/C14H11BrF2N4/c15-12-8-21-4-3-19-14(21)13(20-12)18-2-1-9-5-10(16)7-11(17)6-9/h3-8H,1-2H2,(H,18,20). The van der Waals surface area contributed by atoms with Crippen LogP contribution in [0.25, 0.3) is 5.65 Å². The molecule has 0 amide bonds. The molecule has 0 saturated carbocycles. The number of rotatable bonds is 4. The van der Waals surface area contributed by atoms with Crippen molar-refractivity contribution in [1.29, 1.82) is 0 Å². The zero-order valence-corrected chi connectivity index (χ0v) is 12.4. The van der Waals surface area contributed by atoms with Crippen molar-refractivity contribution in [3.8, 4) is 0 Å². The lowest BCUT2D eigenvalue weighted by atomic mass is 10.1. The number of benzene rings is 1. The Bertz CT molecular complexity index is 767. The Labute approximate surface area is 128 Å². The van der Waals surface area contributed by atoms with Crippen LogP contribution >= 0.6 is 15.9 Å². The van der Waals surface area contributed by atoms with Crippen LogP contribution in [0.1, 0.15) is 5.56 Å². The first-order valence-corrected chi connectivity index (χ1v) is 7.09. The molecule has 21 heavy (non-hydrogen) atoms. The van der Waals surface area contributed by atoms with E-state index in [-0.39, 0.29) is 0 Å². The van der Waals surface area contributed by atoms with Gasteiger partial charge in [0.1, 0.15) is 16.2 Å². The summed E-state index contributed by atoms with van der Waals surface area (Å²) in [4.78, 5) is 8.52. The van der Waals surface area contributed by atoms with Gasteiger partial charge in [-0.05, 0) is 40.0 Å². The molecule has 0 atom stereocenters. The van der Waals surface area contributed by atoms with Gasteiger partial charge >= 0.3 is 0 Å². The molecule has 0 aliphatic rings. The van der Waals surface area contributed by atoms with E-state index in [2.05, 4.69) is 31.2 Å². The van der Waals surface area contributed by atoms with Gasteiger partial charge in [0.05, 0.1) is 0 Å². The second-order valence-corrected chi connectivity index (χ2v) is 5.34. The van der Waals surface area contributed by atoms with Gasteiger partial charge < -0.3 is 9.72 Å². The van der Waals surface area contributed by atoms with Gasteiger partial charge in [0.15, 0.2) is 11.5 Å². The van der Waals surface area contributed by atoms with Gasteiger partial charge in [-0.3, -0.25) is 0 Å². The highest BCUT2D eigenvalue weighted by Crippen LogP contribution is 2.17. The first kappa shape index (κ1) is 13.9. The second-order valence-electron chi connectivity index (χ2n) is 4.52. The average Bonchev–Trinajstić information content (AvgIpc) is 2.85. The number of aromatic nitrogens is 3. The minimum Gasteiger partial charge on any atom is -0.367 e. The molecule has 0 bridgehead atoms. The van der Waals surface area contributed by atoms with Crippen LogP contribution in [0.5, 0.6) is 0 Å². The number of imidazole rings is 1. The molecule has 1 aromatic carbocycles. The van der Waals surface area contributed by atoms with Crippen LogP contribution in [0.4, 0.5) is 14.6 Å². The lowest BCUT2D eigenvalue weighted by molar-refractivity contribution is 0.580. The molecule has 0 unspecified atom stereocenters. The van der Waals surface area contributed by atoms with E-state index in [9.17, 15) is 8.78 Å². The van der Waals surface area contributed by atoms with E-state index in [1.807, 2.05) is 10.6 Å². The third-order valence-corrected chi connectivity index (χ3v) is 3.36. The monoisotopic (exact) mass is 352 g/mol. The molecule has 0 spiro atoms. The summed E-state index contributed by atoms with van der Waals surface area (Å²) in [5.41, 5.74) is 1.29. The predicted octanol–water partition coefficient (Wildman–Crippen LogP) is 3.42. The van der Waals surface area contributed by atoms with E-state index in [0.29, 0.717) is 34.6 Å². The summed E-state index contributed by atoms with van der Waals surface area (Å²) in [6.45, 7) is 0.495. The fraction of sp³-hybridized carbons (Fsp3) is 0.143. The molecular formula is C14H11BrF2N4. The van der Waals surface area contributed by atoms with Crippen LogP contribution in [-0.2, 0) is 6.42 Å². The molecule has 0 fully saturated rings. The fourth-order valence-electron chi connectivity index (χ4n) is 2.10. The van der Waals surface area contributed by atoms with Gasteiger partial charge in [0, 0.05) is 31.2 Å². The number of halogens is 3. The zero-order chi connectivity index (χ0) is 14.8. The van der Waals surface area contributed by atoms with Crippen LogP contribution in [0.2, 0.25) is 0 Å².